The van der Waals surface area contributed by atoms with Crippen molar-refractivity contribution >= 4 is 17.7 Å². The van der Waals surface area contributed by atoms with E-state index in [-0.39, 0.29) is 6.61 Å². The number of carbonyl (C=O) groups excluding carboxylic acids is 2. The first-order valence-electron chi connectivity index (χ1n) is 11.6. The van der Waals surface area contributed by atoms with E-state index in [9.17, 15) is 9.59 Å². The number of rotatable bonds is 9. The highest BCUT2D eigenvalue weighted by Gasteiger charge is 2.34. The number of hydrogen-bond acceptors (Lipinski definition) is 5. The lowest BCUT2D eigenvalue weighted by atomic mass is 9.92. The van der Waals surface area contributed by atoms with E-state index in [1.54, 1.807) is 19.1 Å². The zero-order valence-corrected chi connectivity index (χ0v) is 19.7. The Labute approximate surface area is 204 Å². The Morgan fingerprint density at radius 2 is 1.57 bits per heavy atom. The molecule has 2 amide bonds. The third-order valence-electron chi connectivity index (χ3n) is 5.47. The molecular weight excluding hydrogens is 444 g/mol. The van der Waals surface area contributed by atoms with Crippen molar-refractivity contribution in [2.45, 2.75) is 26.5 Å². The molecule has 0 saturated heterocycles. The molecule has 0 spiro atoms. The average molecular weight is 473 g/mol. The molecule has 2 N–H and O–H groups in total. The van der Waals surface area contributed by atoms with E-state index in [0.29, 0.717) is 47.1 Å². The minimum absolute atomic E-state index is 0.210. The summed E-state index contributed by atoms with van der Waals surface area (Å²) in [6, 6.07) is 23.3. The summed E-state index contributed by atoms with van der Waals surface area (Å²) in [6.45, 7) is 4.66. The largest absolute Gasteiger partial charge is 0.490 e. The molecule has 4 rings (SSSR count). The van der Waals surface area contributed by atoms with E-state index < -0.39 is 18.0 Å². The molecule has 1 unspecified atom stereocenters. The van der Waals surface area contributed by atoms with Crippen molar-refractivity contribution in [2.24, 2.45) is 0 Å². The third-order valence-corrected chi connectivity index (χ3v) is 5.47. The van der Waals surface area contributed by atoms with E-state index in [1.165, 1.54) is 0 Å². The van der Waals surface area contributed by atoms with Crippen LogP contribution in [0.3, 0.4) is 0 Å². The van der Waals surface area contributed by atoms with Crippen LogP contribution >= 0.6 is 0 Å². The van der Waals surface area contributed by atoms with Crippen LogP contribution in [0.4, 0.5) is 4.79 Å². The fourth-order valence-electron chi connectivity index (χ4n) is 3.90. The Hall–Kier alpha value is -4.26. The molecule has 1 heterocycles. The van der Waals surface area contributed by atoms with Gasteiger partial charge in [0.15, 0.2) is 11.5 Å². The summed E-state index contributed by atoms with van der Waals surface area (Å²) in [7, 11) is 0. The maximum atomic E-state index is 13.1. The SMILES string of the molecule is CCOC(=O)C1=C(c2ccccc2)NC(=O)NC1c1ccc(OCc2ccccc2)c(OCC)c1. The van der Waals surface area contributed by atoms with Crippen molar-refractivity contribution in [3.05, 3.63) is 101 Å². The molecule has 0 aromatic heterocycles. The zero-order valence-electron chi connectivity index (χ0n) is 19.7. The molecule has 180 valence electrons. The number of nitrogens with one attached hydrogen (secondary N) is 2. The highest BCUT2D eigenvalue weighted by atomic mass is 16.5. The van der Waals surface area contributed by atoms with Gasteiger partial charge in [-0.05, 0) is 42.7 Å². The summed E-state index contributed by atoms with van der Waals surface area (Å²) >= 11 is 0. The quantitative estimate of drug-likeness (QED) is 0.429. The molecule has 3 aromatic rings. The predicted molar refractivity (Wildman–Crippen MR) is 133 cm³/mol. The summed E-state index contributed by atoms with van der Waals surface area (Å²) < 4.78 is 17.2. The smallest absolute Gasteiger partial charge is 0.338 e. The van der Waals surface area contributed by atoms with Crippen LogP contribution in [-0.2, 0) is 16.1 Å². The van der Waals surface area contributed by atoms with Gasteiger partial charge in [0, 0.05) is 0 Å². The lowest BCUT2D eigenvalue weighted by Crippen LogP contribution is -2.45. The first-order valence-corrected chi connectivity index (χ1v) is 11.6. The Morgan fingerprint density at radius 1 is 0.857 bits per heavy atom. The molecule has 0 saturated carbocycles. The summed E-state index contributed by atoms with van der Waals surface area (Å²) in [5.41, 5.74) is 3.15. The van der Waals surface area contributed by atoms with Gasteiger partial charge in [-0.15, -0.1) is 0 Å². The van der Waals surface area contributed by atoms with Gasteiger partial charge in [-0.2, -0.15) is 0 Å². The molecule has 1 atom stereocenters. The van der Waals surface area contributed by atoms with Gasteiger partial charge in [0.1, 0.15) is 6.61 Å². The number of ether oxygens (including phenoxy) is 3. The second-order valence-electron chi connectivity index (χ2n) is 7.82. The maximum absolute atomic E-state index is 13.1. The monoisotopic (exact) mass is 472 g/mol. The van der Waals surface area contributed by atoms with Crippen molar-refractivity contribution < 1.29 is 23.8 Å². The Bertz CT molecular complexity index is 1210. The van der Waals surface area contributed by atoms with Gasteiger partial charge in [-0.3, -0.25) is 0 Å². The Morgan fingerprint density at radius 3 is 2.26 bits per heavy atom. The lowest BCUT2D eigenvalue weighted by Gasteiger charge is -2.30. The normalized spacial score (nSPS) is 15.1. The molecule has 7 heteroatoms. The molecule has 0 fully saturated rings. The van der Waals surface area contributed by atoms with E-state index in [1.807, 2.05) is 73.7 Å². The number of urea groups is 1. The number of amides is 2. The molecule has 35 heavy (non-hydrogen) atoms. The zero-order chi connectivity index (χ0) is 24.6. The van der Waals surface area contributed by atoms with Gasteiger partial charge < -0.3 is 24.8 Å². The van der Waals surface area contributed by atoms with Crippen molar-refractivity contribution in [1.29, 1.82) is 0 Å². The first-order chi connectivity index (χ1) is 17.1. The maximum Gasteiger partial charge on any atom is 0.338 e. The van der Waals surface area contributed by atoms with Gasteiger partial charge in [0.05, 0.1) is 30.5 Å². The van der Waals surface area contributed by atoms with Gasteiger partial charge in [-0.1, -0.05) is 66.7 Å². The average Bonchev–Trinajstić information content (AvgIpc) is 2.89. The summed E-state index contributed by atoms with van der Waals surface area (Å²) in [5.74, 6) is 0.592. The minimum atomic E-state index is -0.736. The van der Waals surface area contributed by atoms with Crippen molar-refractivity contribution in [1.82, 2.24) is 10.6 Å². The standard InChI is InChI=1S/C28H28N2O5/c1-3-33-23-17-21(15-16-22(23)35-18-19-11-7-5-8-12-19)26-24(27(31)34-4-2)25(29-28(32)30-26)20-13-9-6-10-14-20/h5-17,26H,3-4,18H2,1-2H3,(H2,29,30,32). The van der Waals surface area contributed by atoms with E-state index >= 15 is 0 Å². The number of hydrogen-bond donors (Lipinski definition) is 2. The topological polar surface area (TPSA) is 85.9 Å². The van der Waals surface area contributed by atoms with Gasteiger partial charge in [-0.25, -0.2) is 9.59 Å². The van der Waals surface area contributed by atoms with Crippen LogP contribution in [-0.4, -0.2) is 25.2 Å². The van der Waals surface area contributed by atoms with E-state index in [0.717, 1.165) is 5.56 Å². The molecular formula is C28H28N2O5. The minimum Gasteiger partial charge on any atom is -0.490 e. The molecule has 7 nitrogen and oxygen atoms in total. The predicted octanol–water partition coefficient (Wildman–Crippen LogP) is 4.99. The van der Waals surface area contributed by atoms with Gasteiger partial charge >= 0.3 is 12.0 Å². The number of esters is 1. The van der Waals surface area contributed by atoms with Crippen LogP contribution in [0.15, 0.2) is 84.4 Å². The summed E-state index contributed by atoms with van der Waals surface area (Å²) in [5, 5.41) is 5.65. The number of benzene rings is 3. The second-order valence-corrected chi connectivity index (χ2v) is 7.82. The fraction of sp³-hybridized carbons (Fsp3) is 0.214. The highest BCUT2D eigenvalue weighted by Crippen LogP contribution is 2.37. The lowest BCUT2D eigenvalue weighted by molar-refractivity contribution is -0.138. The van der Waals surface area contributed by atoms with Crippen LogP contribution < -0.4 is 20.1 Å². The number of carbonyl (C=O) groups is 2. The van der Waals surface area contributed by atoms with Gasteiger partial charge in [0.2, 0.25) is 0 Å². The summed E-state index contributed by atoms with van der Waals surface area (Å²) in [6.07, 6.45) is 0. The molecule has 1 aliphatic heterocycles. The molecule has 3 aromatic carbocycles. The van der Waals surface area contributed by atoms with Crippen molar-refractivity contribution in [3.63, 3.8) is 0 Å². The molecule has 0 aliphatic carbocycles. The molecule has 0 radical (unpaired) electrons. The molecule has 1 aliphatic rings. The van der Waals surface area contributed by atoms with Crippen molar-refractivity contribution in [3.8, 4) is 11.5 Å². The van der Waals surface area contributed by atoms with Crippen LogP contribution in [0.5, 0.6) is 11.5 Å². The van der Waals surface area contributed by atoms with E-state index in [4.69, 9.17) is 14.2 Å². The van der Waals surface area contributed by atoms with Crippen LogP contribution in [0, 0.1) is 0 Å². The second kappa shape index (κ2) is 11.2. The first kappa shape index (κ1) is 23.9. The summed E-state index contributed by atoms with van der Waals surface area (Å²) in [4.78, 5) is 25.7. The van der Waals surface area contributed by atoms with Gasteiger partial charge in [0.25, 0.3) is 0 Å². The van der Waals surface area contributed by atoms with Crippen LogP contribution in [0.25, 0.3) is 5.70 Å². The highest BCUT2D eigenvalue weighted by molar-refractivity contribution is 6.04. The third kappa shape index (κ3) is 5.63. The van der Waals surface area contributed by atoms with Crippen LogP contribution in [0.1, 0.15) is 36.6 Å². The Balaban J connectivity index is 1.73. The molecule has 0 bridgehead atoms. The van der Waals surface area contributed by atoms with Crippen LogP contribution in [0.2, 0.25) is 0 Å². The Kier molecular flexibility index (Phi) is 7.67. The van der Waals surface area contributed by atoms with E-state index in [2.05, 4.69) is 10.6 Å². The fourth-order valence-corrected chi connectivity index (χ4v) is 3.90. The van der Waals surface area contributed by atoms with Crippen molar-refractivity contribution in [2.75, 3.05) is 13.2 Å².